The normalized spacial score (nSPS) is 31.2. The van der Waals surface area contributed by atoms with Gasteiger partial charge in [-0.1, -0.05) is 0 Å². The summed E-state index contributed by atoms with van der Waals surface area (Å²) in [5.74, 6) is -2.49. The minimum atomic E-state index is -3.10. The SMILES string of the molecule is O=C(c1ccc(F)cc1F)C1CC2CCC(C1)S2(=O)=O. The summed E-state index contributed by atoms with van der Waals surface area (Å²) in [5, 5.41) is -0.947. The van der Waals surface area contributed by atoms with Crippen molar-refractivity contribution in [1.29, 1.82) is 0 Å². The molecule has 2 unspecified atom stereocenters. The summed E-state index contributed by atoms with van der Waals surface area (Å²) < 4.78 is 50.4. The van der Waals surface area contributed by atoms with Crippen LogP contribution >= 0.6 is 0 Å². The Morgan fingerprint density at radius 2 is 1.70 bits per heavy atom. The molecule has 1 aromatic rings. The molecule has 6 heteroatoms. The summed E-state index contributed by atoms with van der Waals surface area (Å²) in [6.07, 6.45) is 1.69. The van der Waals surface area contributed by atoms with Gasteiger partial charge in [0.25, 0.3) is 0 Å². The first kappa shape index (κ1) is 13.7. The van der Waals surface area contributed by atoms with Crippen LogP contribution in [0.15, 0.2) is 18.2 Å². The van der Waals surface area contributed by atoms with Crippen molar-refractivity contribution in [2.24, 2.45) is 5.92 Å². The number of fused-ring (bicyclic) bond motifs is 2. The molecular weight excluding hydrogens is 286 g/mol. The highest BCUT2D eigenvalue weighted by atomic mass is 32.2. The Morgan fingerprint density at radius 1 is 1.10 bits per heavy atom. The van der Waals surface area contributed by atoms with Crippen LogP contribution in [0, 0.1) is 17.6 Å². The number of sulfone groups is 1. The summed E-state index contributed by atoms with van der Waals surface area (Å²) >= 11 is 0. The number of benzene rings is 1. The van der Waals surface area contributed by atoms with Crippen LogP contribution in [0.4, 0.5) is 8.78 Å². The third-order valence-electron chi connectivity index (χ3n) is 4.40. The van der Waals surface area contributed by atoms with Gasteiger partial charge in [0.1, 0.15) is 11.6 Å². The molecule has 20 heavy (non-hydrogen) atoms. The zero-order valence-electron chi connectivity index (χ0n) is 10.7. The van der Waals surface area contributed by atoms with Gasteiger partial charge in [0.15, 0.2) is 15.6 Å². The third-order valence-corrected chi connectivity index (χ3v) is 7.12. The van der Waals surface area contributed by atoms with E-state index >= 15 is 0 Å². The summed E-state index contributed by atoms with van der Waals surface area (Å²) in [6.45, 7) is 0. The average molecular weight is 300 g/mol. The maximum absolute atomic E-state index is 13.6. The number of rotatable bonds is 2. The van der Waals surface area contributed by atoms with E-state index in [-0.39, 0.29) is 18.4 Å². The fraction of sp³-hybridized carbons (Fsp3) is 0.500. The largest absolute Gasteiger partial charge is 0.294 e. The van der Waals surface area contributed by atoms with Gasteiger partial charge in [-0.3, -0.25) is 4.79 Å². The van der Waals surface area contributed by atoms with Crippen molar-refractivity contribution in [3.8, 4) is 0 Å². The Labute approximate surface area is 115 Å². The third kappa shape index (κ3) is 2.06. The van der Waals surface area contributed by atoms with E-state index in [0.717, 1.165) is 12.1 Å². The highest BCUT2D eigenvalue weighted by Gasteiger charge is 2.48. The van der Waals surface area contributed by atoms with Crippen LogP contribution in [0.1, 0.15) is 36.0 Å². The van der Waals surface area contributed by atoms with E-state index < -0.39 is 43.7 Å². The summed E-state index contributed by atoms with van der Waals surface area (Å²) in [5.41, 5.74) is -0.143. The number of carbonyl (C=O) groups excluding carboxylic acids is 1. The van der Waals surface area contributed by atoms with Gasteiger partial charge in [0.05, 0.1) is 16.1 Å². The highest BCUT2D eigenvalue weighted by molar-refractivity contribution is 7.93. The van der Waals surface area contributed by atoms with Crippen molar-refractivity contribution in [2.45, 2.75) is 36.2 Å². The van der Waals surface area contributed by atoms with Gasteiger partial charge in [-0.2, -0.15) is 0 Å². The van der Waals surface area contributed by atoms with Crippen molar-refractivity contribution in [2.75, 3.05) is 0 Å². The minimum absolute atomic E-state index is 0.143. The molecule has 1 aromatic carbocycles. The molecule has 2 aliphatic heterocycles. The second kappa shape index (κ2) is 4.62. The Balaban J connectivity index is 1.86. The lowest BCUT2D eigenvalue weighted by molar-refractivity contribution is 0.0901. The van der Waals surface area contributed by atoms with Crippen LogP contribution in [0.5, 0.6) is 0 Å². The monoisotopic (exact) mass is 300 g/mol. The van der Waals surface area contributed by atoms with Gasteiger partial charge in [-0.15, -0.1) is 0 Å². The van der Waals surface area contributed by atoms with E-state index in [2.05, 4.69) is 0 Å². The first-order valence-electron chi connectivity index (χ1n) is 6.61. The predicted octanol–water partition coefficient (Wildman–Crippen LogP) is 2.50. The number of hydrogen-bond donors (Lipinski definition) is 0. The van der Waals surface area contributed by atoms with Crippen molar-refractivity contribution < 1.29 is 22.0 Å². The molecular formula is C14H14F2O3S. The lowest BCUT2D eigenvalue weighted by atomic mass is 9.90. The molecule has 0 amide bonds. The first-order chi connectivity index (χ1) is 9.39. The number of halogens is 2. The van der Waals surface area contributed by atoms with Crippen LogP contribution in [-0.4, -0.2) is 24.7 Å². The van der Waals surface area contributed by atoms with Crippen LogP contribution in [-0.2, 0) is 9.84 Å². The number of carbonyl (C=O) groups is 1. The molecule has 3 nitrogen and oxygen atoms in total. The van der Waals surface area contributed by atoms with Gasteiger partial charge in [0.2, 0.25) is 0 Å². The van der Waals surface area contributed by atoms with Crippen molar-refractivity contribution in [3.05, 3.63) is 35.4 Å². The van der Waals surface area contributed by atoms with E-state index in [1.165, 1.54) is 0 Å². The lowest BCUT2D eigenvalue weighted by Crippen LogP contribution is -2.36. The Hall–Kier alpha value is -1.30. The van der Waals surface area contributed by atoms with E-state index in [0.29, 0.717) is 18.9 Å². The van der Waals surface area contributed by atoms with E-state index in [1.807, 2.05) is 0 Å². The molecule has 2 bridgehead atoms. The predicted molar refractivity (Wildman–Crippen MR) is 69.1 cm³/mol. The fourth-order valence-corrected chi connectivity index (χ4v) is 5.81. The molecule has 2 atom stereocenters. The molecule has 0 spiro atoms. The summed E-state index contributed by atoms with van der Waals surface area (Å²) in [6, 6.07) is 2.86. The second-order valence-corrected chi connectivity index (χ2v) is 8.08. The van der Waals surface area contributed by atoms with Gasteiger partial charge >= 0.3 is 0 Å². The molecule has 0 aliphatic carbocycles. The quantitative estimate of drug-likeness (QED) is 0.789. The zero-order valence-corrected chi connectivity index (χ0v) is 11.5. The van der Waals surface area contributed by atoms with Crippen LogP contribution < -0.4 is 0 Å². The van der Waals surface area contributed by atoms with Crippen molar-refractivity contribution in [1.82, 2.24) is 0 Å². The molecule has 2 aliphatic rings. The lowest BCUT2D eigenvalue weighted by Gasteiger charge is -2.27. The molecule has 0 radical (unpaired) electrons. The topological polar surface area (TPSA) is 51.2 Å². The van der Waals surface area contributed by atoms with Crippen LogP contribution in [0.25, 0.3) is 0 Å². The highest BCUT2D eigenvalue weighted by Crippen LogP contribution is 2.42. The second-order valence-electron chi connectivity index (χ2n) is 5.57. The Kier molecular flexibility index (Phi) is 3.16. The van der Waals surface area contributed by atoms with E-state index in [1.54, 1.807) is 0 Å². The fourth-order valence-electron chi connectivity index (χ4n) is 3.33. The Bertz CT molecular complexity index is 649. The standard InChI is InChI=1S/C14H14F2O3S/c15-9-1-4-12(13(16)7-9)14(17)8-5-10-2-3-11(6-8)20(10,18)19/h1,4,7-8,10-11H,2-3,5-6H2. The molecule has 2 fully saturated rings. The average Bonchev–Trinajstić information content (AvgIpc) is 2.57. The van der Waals surface area contributed by atoms with Crippen molar-refractivity contribution >= 4 is 15.6 Å². The van der Waals surface area contributed by atoms with Gasteiger partial charge in [0, 0.05) is 12.0 Å². The van der Waals surface area contributed by atoms with Gasteiger partial charge in [-0.25, -0.2) is 17.2 Å². The number of Topliss-reactive ketones (excluding diaryl/α,β-unsaturated/α-hetero) is 1. The number of hydrogen-bond acceptors (Lipinski definition) is 3. The van der Waals surface area contributed by atoms with Crippen LogP contribution in [0.3, 0.4) is 0 Å². The maximum atomic E-state index is 13.6. The van der Waals surface area contributed by atoms with Crippen LogP contribution in [0.2, 0.25) is 0 Å². The van der Waals surface area contributed by atoms with Crippen molar-refractivity contribution in [3.63, 3.8) is 0 Å². The van der Waals surface area contributed by atoms with E-state index in [4.69, 9.17) is 0 Å². The summed E-state index contributed by atoms with van der Waals surface area (Å²) in [7, 11) is -3.10. The van der Waals surface area contributed by atoms with Gasteiger partial charge < -0.3 is 0 Å². The molecule has 0 saturated carbocycles. The first-order valence-corrected chi connectivity index (χ1v) is 8.22. The maximum Gasteiger partial charge on any atom is 0.168 e. The minimum Gasteiger partial charge on any atom is -0.294 e. The molecule has 0 N–H and O–H groups in total. The molecule has 3 rings (SSSR count). The summed E-state index contributed by atoms with van der Waals surface area (Å²) in [4.78, 5) is 12.3. The molecule has 0 aromatic heterocycles. The van der Waals surface area contributed by atoms with Gasteiger partial charge in [-0.05, 0) is 37.8 Å². The number of ketones is 1. The molecule has 2 heterocycles. The molecule has 108 valence electrons. The molecule has 2 saturated heterocycles. The Morgan fingerprint density at radius 3 is 2.25 bits per heavy atom. The zero-order chi connectivity index (χ0) is 14.5. The smallest absolute Gasteiger partial charge is 0.168 e. The van der Waals surface area contributed by atoms with E-state index in [9.17, 15) is 22.0 Å².